The van der Waals surface area contributed by atoms with E-state index >= 15 is 0 Å². The summed E-state index contributed by atoms with van der Waals surface area (Å²) in [6.07, 6.45) is 0.781. The molecule has 0 aliphatic carbocycles. The van der Waals surface area contributed by atoms with Gasteiger partial charge in [0.2, 0.25) is 0 Å². The van der Waals surface area contributed by atoms with Gasteiger partial charge in [-0.15, -0.1) is 0 Å². The van der Waals surface area contributed by atoms with Gasteiger partial charge in [0.1, 0.15) is 5.15 Å². The lowest BCUT2D eigenvalue weighted by Gasteiger charge is -2.09. The molecular formula is C10H13Cl2NOS. The summed E-state index contributed by atoms with van der Waals surface area (Å²) >= 11 is 13.5. The van der Waals surface area contributed by atoms with E-state index in [1.165, 1.54) is 0 Å². The third-order valence-corrected chi connectivity index (χ3v) is 3.72. The van der Waals surface area contributed by atoms with Crippen molar-refractivity contribution in [1.29, 1.82) is 0 Å². The minimum Gasteiger partial charge on any atom is -0.396 e. The SMILES string of the molecule is CC(CCO)SCc1nc(Cl)ccc1Cl. The van der Waals surface area contributed by atoms with Crippen LogP contribution in [0.25, 0.3) is 0 Å². The van der Waals surface area contributed by atoms with Gasteiger partial charge < -0.3 is 5.11 Å². The van der Waals surface area contributed by atoms with Gasteiger partial charge in [-0.05, 0) is 18.6 Å². The Morgan fingerprint density at radius 3 is 2.87 bits per heavy atom. The molecule has 1 atom stereocenters. The maximum Gasteiger partial charge on any atom is 0.129 e. The lowest BCUT2D eigenvalue weighted by molar-refractivity contribution is 0.289. The van der Waals surface area contributed by atoms with Crippen LogP contribution in [0.3, 0.4) is 0 Å². The monoisotopic (exact) mass is 265 g/mol. The van der Waals surface area contributed by atoms with Crippen molar-refractivity contribution in [3.05, 3.63) is 28.0 Å². The Morgan fingerprint density at radius 1 is 1.47 bits per heavy atom. The highest BCUT2D eigenvalue weighted by Gasteiger charge is 2.07. The van der Waals surface area contributed by atoms with Gasteiger partial charge in [-0.2, -0.15) is 11.8 Å². The molecule has 0 bridgehead atoms. The highest BCUT2D eigenvalue weighted by atomic mass is 35.5. The van der Waals surface area contributed by atoms with Gasteiger partial charge in [-0.25, -0.2) is 4.98 Å². The zero-order valence-corrected chi connectivity index (χ0v) is 10.7. The first kappa shape index (κ1) is 13.1. The van der Waals surface area contributed by atoms with Crippen molar-refractivity contribution in [2.24, 2.45) is 0 Å². The Balaban J connectivity index is 2.53. The van der Waals surface area contributed by atoms with Crippen molar-refractivity contribution in [3.8, 4) is 0 Å². The summed E-state index contributed by atoms with van der Waals surface area (Å²) in [6, 6.07) is 3.43. The second-order valence-electron chi connectivity index (χ2n) is 3.20. The van der Waals surface area contributed by atoms with Crippen molar-refractivity contribution in [2.75, 3.05) is 6.61 Å². The average Bonchev–Trinajstić information content (AvgIpc) is 2.20. The minimum absolute atomic E-state index is 0.213. The van der Waals surface area contributed by atoms with Crippen LogP contribution in [0.5, 0.6) is 0 Å². The van der Waals surface area contributed by atoms with E-state index in [0.717, 1.165) is 17.9 Å². The zero-order chi connectivity index (χ0) is 11.3. The second kappa shape index (κ2) is 6.59. The molecule has 1 aromatic heterocycles. The number of aliphatic hydroxyl groups is 1. The Morgan fingerprint density at radius 2 is 2.20 bits per heavy atom. The molecule has 0 aliphatic rings. The largest absolute Gasteiger partial charge is 0.396 e. The van der Waals surface area contributed by atoms with Crippen LogP contribution in [-0.2, 0) is 5.75 Å². The topological polar surface area (TPSA) is 33.1 Å². The Kier molecular flexibility index (Phi) is 5.75. The van der Waals surface area contributed by atoms with Crippen molar-refractivity contribution in [3.63, 3.8) is 0 Å². The number of thioether (sulfide) groups is 1. The van der Waals surface area contributed by atoms with Crippen LogP contribution in [0.4, 0.5) is 0 Å². The number of aliphatic hydroxyl groups excluding tert-OH is 1. The van der Waals surface area contributed by atoms with Crippen molar-refractivity contribution in [1.82, 2.24) is 4.98 Å². The normalized spacial score (nSPS) is 12.8. The predicted octanol–water partition coefficient (Wildman–Crippen LogP) is 3.39. The van der Waals surface area contributed by atoms with E-state index in [1.54, 1.807) is 23.9 Å². The molecule has 1 heterocycles. The van der Waals surface area contributed by atoms with Crippen molar-refractivity contribution >= 4 is 35.0 Å². The highest BCUT2D eigenvalue weighted by Crippen LogP contribution is 2.24. The van der Waals surface area contributed by atoms with Gasteiger partial charge in [0.05, 0.1) is 10.7 Å². The van der Waals surface area contributed by atoms with Crippen LogP contribution in [0.15, 0.2) is 12.1 Å². The molecule has 1 unspecified atom stereocenters. The molecule has 0 saturated heterocycles. The second-order valence-corrected chi connectivity index (χ2v) is 5.42. The molecule has 0 amide bonds. The summed E-state index contributed by atoms with van der Waals surface area (Å²) in [5, 5.41) is 10.3. The fraction of sp³-hybridized carbons (Fsp3) is 0.500. The number of halogens is 2. The molecule has 0 radical (unpaired) electrons. The standard InChI is InChI=1S/C10H13Cl2NOS/c1-7(4-5-14)15-6-9-8(11)2-3-10(12)13-9/h2-3,7,14H,4-6H2,1H3. The van der Waals surface area contributed by atoms with Crippen LogP contribution in [-0.4, -0.2) is 21.9 Å². The molecule has 0 fully saturated rings. The van der Waals surface area contributed by atoms with Crippen LogP contribution in [0.2, 0.25) is 10.2 Å². The average molecular weight is 266 g/mol. The number of pyridine rings is 1. The molecule has 15 heavy (non-hydrogen) atoms. The summed E-state index contributed by atoms with van der Waals surface area (Å²) in [4.78, 5) is 4.15. The third-order valence-electron chi connectivity index (χ3n) is 1.92. The lowest BCUT2D eigenvalue weighted by atomic mass is 10.3. The van der Waals surface area contributed by atoms with Crippen molar-refractivity contribution < 1.29 is 5.11 Å². The van der Waals surface area contributed by atoms with E-state index in [2.05, 4.69) is 11.9 Å². The summed E-state index contributed by atoms with van der Waals surface area (Å²) in [5.74, 6) is 0.723. The summed E-state index contributed by atoms with van der Waals surface area (Å²) < 4.78 is 0. The number of hydrogen-bond acceptors (Lipinski definition) is 3. The molecule has 0 aromatic carbocycles. The first-order valence-electron chi connectivity index (χ1n) is 4.67. The smallest absolute Gasteiger partial charge is 0.129 e. The quantitative estimate of drug-likeness (QED) is 0.829. The van der Waals surface area contributed by atoms with Gasteiger partial charge in [0, 0.05) is 17.6 Å². The first-order chi connectivity index (χ1) is 7.13. The number of hydrogen-bond donors (Lipinski definition) is 1. The third kappa shape index (κ3) is 4.60. The fourth-order valence-corrected chi connectivity index (χ4v) is 2.40. The minimum atomic E-state index is 0.213. The first-order valence-corrected chi connectivity index (χ1v) is 6.47. The molecule has 5 heteroatoms. The van der Waals surface area contributed by atoms with Crippen LogP contribution >= 0.6 is 35.0 Å². The molecule has 2 nitrogen and oxygen atoms in total. The molecule has 0 spiro atoms. The number of aromatic nitrogens is 1. The van der Waals surface area contributed by atoms with Crippen LogP contribution in [0.1, 0.15) is 19.0 Å². The predicted molar refractivity (Wildman–Crippen MR) is 66.7 cm³/mol. The molecule has 1 N–H and O–H groups in total. The molecule has 1 aromatic rings. The van der Waals surface area contributed by atoms with E-state index in [-0.39, 0.29) is 6.61 Å². The van der Waals surface area contributed by atoms with Gasteiger partial charge in [-0.1, -0.05) is 30.1 Å². The lowest BCUT2D eigenvalue weighted by Crippen LogP contribution is -2.01. The van der Waals surface area contributed by atoms with Crippen LogP contribution in [0, 0.1) is 0 Å². The fourth-order valence-electron chi connectivity index (χ4n) is 1.05. The molecule has 0 aliphatic heterocycles. The van der Waals surface area contributed by atoms with Gasteiger partial charge in [0.15, 0.2) is 0 Å². The van der Waals surface area contributed by atoms with Crippen molar-refractivity contribution in [2.45, 2.75) is 24.3 Å². The van der Waals surface area contributed by atoms with Gasteiger partial charge in [0.25, 0.3) is 0 Å². The van der Waals surface area contributed by atoms with E-state index in [4.69, 9.17) is 28.3 Å². The Bertz CT molecular complexity index is 322. The highest BCUT2D eigenvalue weighted by molar-refractivity contribution is 7.99. The van der Waals surface area contributed by atoms with E-state index < -0.39 is 0 Å². The van der Waals surface area contributed by atoms with Gasteiger partial charge in [-0.3, -0.25) is 0 Å². The number of nitrogens with zero attached hydrogens (tertiary/aromatic N) is 1. The van der Waals surface area contributed by atoms with E-state index in [1.807, 2.05) is 0 Å². The molecular weight excluding hydrogens is 253 g/mol. The van der Waals surface area contributed by atoms with Gasteiger partial charge >= 0.3 is 0 Å². The van der Waals surface area contributed by atoms with E-state index in [9.17, 15) is 0 Å². The summed E-state index contributed by atoms with van der Waals surface area (Å²) in [7, 11) is 0. The molecule has 1 rings (SSSR count). The summed E-state index contributed by atoms with van der Waals surface area (Å²) in [6.45, 7) is 2.28. The number of rotatable bonds is 5. The molecule has 84 valence electrons. The maximum absolute atomic E-state index is 8.76. The Hall–Kier alpha value is 0.0400. The zero-order valence-electron chi connectivity index (χ0n) is 8.41. The van der Waals surface area contributed by atoms with Crippen LogP contribution < -0.4 is 0 Å². The Labute approximate surface area is 104 Å². The summed E-state index contributed by atoms with van der Waals surface area (Å²) in [5.41, 5.74) is 0.805. The molecule has 0 saturated carbocycles. The maximum atomic E-state index is 8.76. The van der Waals surface area contributed by atoms with E-state index in [0.29, 0.717) is 15.4 Å².